The first kappa shape index (κ1) is 16.0. The third kappa shape index (κ3) is 3.19. The Morgan fingerprint density at radius 1 is 1.15 bits per heavy atom. The molecule has 0 amide bonds. The largest absolute Gasteiger partial charge is 0.381 e. The second-order valence-corrected chi connectivity index (χ2v) is 5.89. The van der Waals surface area contributed by atoms with Crippen molar-refractivity contribution in [2.75, 3.05) is 17.6 Å². The maximum Gasteiger partial charge on any atom is 0.213 e. The molecule has 0 spiro atoms. The van der Waals surface area contributed by atoms with Crippen LogP contribution in [0.25, 0.3) is 22.2 Å². The molecule has 4 N–H and O–H groups in total. The summed E-state index contributed by atoms with van der Waals surface area (Å²) in [5.41, 5.74) is 9.39. The number of H-pyrrole nitrogens is 1. The predicted octanol–water partition coefficient (Wildman–Crippen LogP) is 3.40. The van der Waals surface area contributed by atoms with Crippen molar-refractivity contribution in [3.63, 3.8) is 0 Å². The number of nitrogens with zero attached hydrogens (tertiary/aromatic N) is 3. The van der Waals surface area contributed by atoms with Gasteiger partial charge in [0.15, 0.2) is 11.6 Å². The van der Waals surface area contributed by atoms with E-state index in [2.05, 4.69) is 31.3 Å². The number of nitrogens with two attached hydrogens (primary N) is 1. The van der Waals surface area contributed by atoms with Crippen LogP contribution in [0.1, 0.15) is 5.56 Å². The third-order valence-electron chi connectivity index (χ3n) is 4.18. The van der Waals surface area contributed by atoms with Crippen LogP contribution in [-0.4, -0.2) is 26.5 Å². The fraction of sp³-hybridized carbons (Fsp3) is 0.105. The molecule has 0 fully saturated rings. The van der Waals surface area contributed by atoms with E-state index >= 15 is 0 Å². The van der Waals surface area contributed by atoms with Gasteiger partial charge in [0.05, 0.1) is 11.9 Å². The molecule has 4 rings (SSSR count). The molecule has 0 radical (unpaired) electrons. The first-order valence-electron chi connectivity index (χ1n) is 8.24. The molecule has 26 heavy (non-hydrogen) atoms. The molecule has 7 heteroatoms. The van der Waals surface area contributed by atoms with Crippen LogP contribution in [0.2, 0.25) is 0 Å². The molecule has 0 aliphatic carbocycles. The molecule has 0 saturated carbocycles. The monoisotopic (exact) mass is 348 g/mol. The maximum absolute atomic E-state index is 13.3. The van der Waals surface area contributed by atoms with Gasteiger partial charge in [-0.2, -0.15) is 4.39 Å². The number of hydrogen-bond donors (Lipinski definition) is 3. The molecule has 6 nitrogen and oxygen atoms in total. The normalized spacial score (nSPS) is 11.0. The lowest BCUT2D eigenvalue weighted by Crippen LogP contribution is -2.10. The van der Waals surface area contributed by atoms with Gasteiger partial charge >= 0.3 is 0 Å². The summed E-state index contributed by atoms with van der Waals surface area (Å²) in [4.78, 5) is 15.4. The SMILES string of the molecule is Nc1ncc(-c2ccnc(F)c2)nc1NCCc1c[nH]c2ccccc12. The maximum atomic E-state index is 13.3. The molecule has 0 aliphatic rings. The van der Waals surface area contributed by atoms with Crippen LogP contribution < -0.4 is 11.1 Å². The van der Waals surface area contributed by atoms with Crippen LogP contribution in [0.5, 0.6) is 0 Å². The Balaban J connectivity index is 1.50. The van der Waals surface area contributed by atoms with Crippen molar-refractivity contribution in [1.29, 1.82) is 0 Å². The Morgan fingerprint density at radius 3 is 2.92 bits per heavy atom. The summed E-state index contributed by atoms with van der Waals surface area (Å²) in [6.07, 6.45) is 5.73. The van der Waals surface area contributed by atoms with Crippen LogP contribution in [0.15, 0.2) is 55.0 Å². The number of pyridine rings is 1. The molecule has 1 aromatic carbocycles. The summed E-state index contributed by atoms with van der Waals surface area (Å²) >= 11 is 0. The highest BCUT2D eigenvalue weighted by Crippen LogP contribution is 2.22. The highest BCUT2D eigenvalue weighted by Gasteiger charge is 2.08. The van der Waals surface area contributed by atoms with Gasteiger partial charge in [0.2, 0.25) is 5.95 Å². The Hall–Kier alpha value is -3.48. The molecule has 3 heterocycles. The number of aromatic amines is 1. The number of aromatic nitrogens is 4. The van der Waals surface area contributed by atoms with Crippen molar-refractivity contribution in [1.82, 2.24) is 19.9 Å². The molecule has 3 aromatic heterocycles. The highest BCUT2D eigenvalue weighted by atomic mass is 19.1. The number of nitrogens with one attached hydrogen (secondary N) is 2. The fourth-order valence-electron chi connectivity index (χ4n) is 2.88. The summed E-state index contributed by atoms with van der Waals surface area (Å²) in [5.74, 6) is 0.233. The van der Waals surface area contributed by atoms with Gasteiger partial charge in [0.25, 0.3) is 0 Å². The van der Waals surface area contributed by atoms with E-state index in [1.165, 1.54) is 29.4 Å². The van der Waals surface area contributed by atoms with E-state index in [0.29, 0.717) is 29.4 Å². The number of anilines is 2. The van der Waals surface area contributed by atoms with Crippen LogP contribution in [0, 0.1) is 5.95 Å². The molecule has 0 aliphatic heterocycles. The zero-order valence-corrected chi connectivity index (χ0v) is 13.9. The van der Waals surface area contributed by atoms with Crippen molar-refractivity contribution in [2.45, 2.75) is 6.42 Å². The molecular formula is C19H17FN6. The van der Waals surface area contributed by atoms with Crippen molar-refractivity contribution >= 4 is 22.5 Å². The second kappa shape index (κ2) is 6.79. The predicted molar refractivity (Wildman–Crippen MR) is 100 cm³/mol. The van der Waals surface area contributed by atoms with Crippen molar-refractivity contribution < 1.29 is 4.39 Å². The molecule has 130 valence electrons. The quantitative estimate of drug-likeness (QED) is 0.481. The number of para-hydroxylation sites is 1. The fourth-order valence-corrected chi connectivity index (χ4v) is 2.88. The van der Waals surface area contributed by atoms with Crippen molar-refractivity contribution in [2.24, 2.45) is 0 Å². The molecule has 0 bridgehead atoms. The van der Waals surface area contributed by atoms with E-state index in [-0.39, 0.29) is 0 Å². The summed E-state index contributed by atoms with van der Waals surface area (Å²) in [5, 5.41) is 4.42. The summed E-state index contributed by atoms with van der Waals surface area (Å²) in [6.45, 7) is 0.648. The molecular weight excluding hydrogens is 331 g/mol. The van der Waals surface area contributed by atoms with Gasteiger partial charge in [0, 0.05) is 41.5 Å². The Kier molecular flexibility index (Phi) is 4.18. The van der Waals surface area contributed by atoms with Gasteiger partial charge in [-0.3, -0.25) is 0 Å². The number of fused-ring (bicyclic) bond motifs is 1. The zero-order valence-electron chi connectivity index (χ0n) is 13.9. The highest BCUT2D eigenvalue weighted by molar-refractivity contribution is 5.83. The lowest BCUT2D eigenvalue weighted by atomic mass is 10.1. The molecule has 0 atom stereocenters. The Bertz CT molecular complexity index is 1060. The lowest BCUT2D eigenvalue weighted by Gasteiger charge is -2.09. The van der Waals surface area contributed by atoms with E-state index in [1.54, 1.807) is 6.07 Å². The van der Waals surface area contributed by atoms with E-state index < -0.39 is 5.95 Å². The van der Waals surface area contributed by atoms with E-state index in [9.17, 15) is 4.39 Å². The minimum atomic E-state index is -0.560. The van der Waals surface area contributed by atoms with Crippen molar-refractivity contribution in [3.8, 4) is 11.3 Å². The van der Waals surface area contributed by atoms with Gasteiger partial charge in [-0.15, -0.1) is 0 Å². The Labute approximate surface area is 149 Å². The number of hydrogen-bond acceptors (Lipinski definition) is 5. The van der Waals surface area contributed by atoms with Crippen LogP contribution in [0.3, 0.4) is 0 Å². The number of benzene rings is 1. The van der Waals surface area contributed by atoms with Gasteiger partial charge in [-0.1, -0.05) is 18.2 Å². The van der Waals surface area contributed by atoms with Crippen LogP contribution in [-0.2, 0) is 6.42 Å². The van der Waals surface area contributed by atoms with Crippen molar-refractivity contribution in [3.05, 3.63) is 66.5 Å². The number of halogens is 1. The first-order valence-corrected chi connectivity index (χ1v) is 8.24. The average molecular weight is 348 g/mol. The molecule has 0 saturated heterocycles. The minimum absolute atomic E-state index is 0.308. The summed E-state index contributed by atoms with van der Waals surface area (Å²) < 4.78 is 13.3. The lowest BCUT2D eigenvalue weighted by molar-refractivity contribution is 0.584. The summed E-state index contributed by atoms with van der Waals surface area (Å²) in [6, 6.07) is 11.2. The van der Waals surface area contributed by atoms with Gasteiger partial charge < -0.3 is 16.0 Å². The van der Waals surface area contributed by atoms with Gasteiger partial charge in [-0.05, 0) is 24.1 Å². The smallest absolute Gasteiger partial charge is 0.213 e. The first-order chi connectivity index (χ1) is 12.7. The van der Waals surface area contributed by atoms with E-state index in [0.717, 1.165) is 11.9 Å². The molecule has 4 aromatic rings. The second-order valence-electron chi connectivity index (χ2n) is 5.89. The zero-order chi connectivity index (χ0) is 17.9. The number of nitrogen functional groups attached to an aromatic ring is 1. The van der Waals surface area contributed by atoms with Gasteiger partial charge in [0.1, 0.15) is 0 Å². The minimum Gasteiger partial charge on any atom is -0.381 e. The van der Waals surface area contributed by atoms with Crippen LogP contribution >= 0.6 is 0 Å². The molecule has 0 unspecified atom stereocenters. The standard InChI is InChI=1S/C19H17FN6/c20-17-9-12(5-7-22-17)16-11-25-18(21)19(26-16)23-8-6-13-10-24-15-4-2-1-3-14(13)15/h1-5,7,9-11,24H,6,8H2,(H2,21,25)(H,23,26). The third-order valence-corrected chi connectivity index (χ3v) is 4.18. The topological polar surface area (TPSA) is 92.5 Å². The van der Waals surface area contributed by atoms with E-state index in [4.69, 9.17) is 5.73 Å². The van der Waals surface area contributed by atoms with Gasteiger partial charge in [-0.25, -0.2) is 15.0 Å². The summed E-state index contributed by atoms with van der Waals surface area (Å²) in [7, 11) is 0. The average Bonchev–Trinajstić information content (AvgIpc) is 3.06. The van der Waals surface area contributed by atoms with E-state index in [1.807, 2.05) is 24.4 Å². The number of rotatable bonds is 5. The van der Waals surface area contributed by atoms with Crippen LogP contribution in [0.4, 0.5) is 16.0 Å². The Morgan fingerprint density at radius 2 is 2.04 bits per heavy atom.